The van der Waals surface area contributed by atoms with E-state index in [0.717, 1.165) is 6.42 Å². The number of anilines is 2. The highest BCUT2D eigenvalue weighted by atomic mass is 16.2. The maximum absolute atomic E-state index is 12.2. The predicted molar refractivity (Wildman–Crippen MR) is 88.9 cm³/mol. The summed E-state index contributed by atoms with van der Waals surface area (Å²) in [5.41, 5.74) is 1.23. The SMILES string of the molecule is CCC(C)NC(=O)C1CC1C(=O)Nc1cccc(NC(C)=O)c1. The van der Waals surface area contributed by atoms with Crippen molar-refractivity contribution in [2.75, 3.05) is 10.6 Å². The third kappa shape index (κ3) is 4.81. The van der Waals surface area contributed by atoms with Crippen molar-refractivity contribution in [1.82, 2.24) is 5.32 Å². The molecular weight excluding hydrogens is 294 g/mol. The van der Waals surface area contributed by atoms with Crippen LogP contribution in [0, 0.1) is 11.8 Å². The number of hydrogen-bond acceptors (Lipinski definition) is 3. The Balaban J connectivity index is 1.89. The van der Waals surface area contributed by atoms with Gasteiger partial charge in [0.05, 0.1) is 11.8 Å². The standard InChI is InChI=1S/C17H23N3O3/c1-4-10(2)18-16(22)14-9-15(14)17(23)20-13-7-5-6-12(8-13)19-11(3)21/h5-8,10,14-15H,4,9H2,1-3H3,(H,18,22)(H,19,21)(H,20,23). The number of carbonyl (C=O) groups is 3. The highest BCUT2D eigenvalue weighted by Gasteiger charge is 2.48. The van der Waals surface area contributed by atoms with Crippen LogP contribution in [0.15, 0.2) is 24.3 Å². The van der Waals surface area contributed by atoms with Gasteiger partial charge in [-0.25, -0.2) is 0 Å². The molecule has 0 heterocycles. The van der Waals surface area contributed by atoms with E-state index in [1.807, 2.05) is 13.8 Å². The largest absolute Gasteiger partial charge is 0.353 e. The number of benzene rings is 1. The molecule has 0 bridgehead atoms. The minimum absolute atomic E-state index is 0.0495. The lowest BCUT2D eigenvalue weighted by Crippen LogP contribution is -2.34. The molecular formula is C17H23N3O3. The normalized spacial score (nSPS) is 20.3. The molecule has 3 atom stereocenters. The molecule has 3 N–H and O–H groups in total. The fourth-order valence-corrected chi connectivity index (χ4v) is 2.34. The van der Waals surface area contributed by atoms with Crippen LogP contribution < -0.4 is 16.0 Å². The second-order valence-corrected chi connectivity index (χ2v) is 6.02. The minimum Gasteiger partial charge on any atom is -0.353 e. The van der Waals surface area contributed by atoms with Gasteiger partial charge >= 0.3 is 0 Å². The molecule has 6 nitrogen and oxygen atoms in total. The van der Waals surface area contributed by atoms with Gasteiger partial charge in [0.2, 0.25) is 17.7 Å². The Hall–Kier alpha value is -2.37. The molecule has 1 aliphatic rings. The predicted octanol–water partition coefficient (Wildman–Crippen LogP) is 2.13. The van der Waals surface area contributed by atoms with Gasteiger partial charge in [-0.3, -0.25) is 14.4 Å². The first kappa shape index (κ1) is 17.0. The zero-order valence-corrected chi connectivity index (χ0v) is 13.7. The lowest BCUT2D eigenvalue weighted by Gasteiger charge is -2.11. The summed E-state index contributed by atoms with van der Waals surface area (Å²) in [6, 6.07) is 7.06. The van der Waals surface area contributed by atoms with E-state index < -0.39 is 0 Å². The molecule has 0 aromatic heterocycles. The molecule has 1 aromatic rings. The van der Waals surface area contributed by atoms with Crippen LogP contribution >= 0.6 is 0 Å². The molecule has 0 aliphatic heterocycles. The first-order valence-electron chi connectivity index (χ1n) is 7.89. The lowest BCUT2D eigenvalue weighted by atomic mass is 10.2. The monoisotopic (exact) mass is 317 g/mol. The van der Waals surface area contributed by atoms with Gasteiger partial charge in [-0.1, -0.05) is 13.0 Å². The fraction of sp³-hybridized carbons (Fsp3) is 0.471. The molecule has 124 valence electrons. The maximum atomic E-state index is 12.2. The number of nitrogens with one attached hydrogen (secondary N) is 3. The summed E-state index contributed by atoms with van der Waals surface area (Å²) in [6.45, 7) is 5.38. The zero-order chi connectivity index (χ0) is 17.0. The molecule has 3 amide bonds. The zero-order valence-electron chi connectivity index (χ0n) is 13.7. The van der Waals surface area contributed by atoms with Crippen LogP contribution in [0.3, 0.4) is 0 Å². The summed E-state index contributed by atoms with van der Waals surface area (Å²) in [5.74, 6) is -0.885. The van der Waals surface area contributed by atoms with Gasteiger partial charge in [0.1, 0.15) is 0 Å². The highest BCUT2D eigenvalue weighted by molar-refractivity contribution is 6.00. The Morgan fingerprint density at radius 3 is 2.35 bits per heavy atom. The van der Waals surface area contributed by atoms with Crippen molar-refractivity contribution in [3.63, 3.8) is 0 Å². The van der Waals surface area contributed by atoms with E-state index in [4.69, 9.17) is 0 Å². The fourth-order valence-electron chi connectivity index (χ4n) is 2.34. The summed E-state index contributed by atoms with van der Waals surface area (Å²) in [6.07, 6.45) is 1.45. The summed E-state index contributed by atoms with van der Waals surface area (Å²) >= 11 is 0. The van der Waals surface area contributed by atoms with E-state index >= 15 is 0 Å². The van der Waals surface area contributed by atoms with Crippen LogP contribution in [-0.2, 0) is 14.4 Å². The van der Waals surface area contributed by atoms with Crippen molar-refractivity contribution in [2.45, 2.75) is 39.7 Å². The van der Waals surface area contributed by atoms with Gasteiger partial charge in [0.15, 0.2) is 0 Å². The molecule has 0 spiro atoms. The van der Waals surface area contributed by atoms with Crippen molar-refractivity contribution >= 4 is 29.1 Å². The van der Waals surface area contributed by atoms with Crippen LogP contribution in [0.25, 0.3) is 0 Å². The summed E-state index contributed by atoms with van der Waals surface area (Å²) < 4.78 is 0. The van der Waals surface area contributed by atoms with Crippen molar-refractivity contribution in [3.05, 3.63) is 24.3 Å². The van der Waals surface area contributed by atoms with E-state index in [0.29, 0.717) is 17.8 Å². The van der Waals surface area contributed by atoms with Crippen LogP contribution in [-0.4, -0.2) is 23.8 Å². The van der Waals surface area contributed by atoms with E-state index in [1.54, 1.807) is 24.3 Å². The van der Waals surface area contributed by atoms with E-state index in [-0.39, 0.29) is 35.6 Å². The minimum atomic E-state index is -0.275. The molecule has 3 unspecified atom stereocenters. The number of rotatable bonds is 6. The Morgan fingerprint density at radius 1 is 1.13 bits per heavy atom. The quantitative estimate of drug-likeness (QED) is 0.751. The van der Waals surface area contributed by atoms with Crippen LogP contribution in [0.4, 0.5) is 11.4 Å². The van der Waals surface area contributed by atoms with Crippen molar-refractivity contribution < 1.29 is 14.4 Å². The van der Waals surface area contributed by atoms with Gasteiger partial charge in [-0.2, -0.15) is 0 Å². The van der Waals surface area contributed by atoms with Crippen LogP contribution in [0.5, 0.6) is 0 Å². The number of hydrogen-bond donors (Lipinski definition) is 3. The van der Waals surface area contributed by atoms with E-state index in [9.17, 15) is 14.4 Å². The van der Waals surface area contributed by atoms with Crippen molar-refractivity contribution in [3.8, 4) is 0 Å². The van der Waals surface area contributed by atoms with Gasteiger partial charge in [-0.05, 0) is 38.0 Å². The van der Waals surface area contributed by atoms with Gasteiger partial charge < -0.3 is 16.0 Å². The average molecular weight is 317 g/mol. The first-order chi connectivity index (χ1) is 10.9. The summed E-state index contributed by atoms with van der Waals surface area (Å²) in [4.78, 5) is 35.2. The smallest absolute Gasteiger partial charge is 0.228 e. The molecule has 2 rings (SSSR count). The van der Waals surface area contributed by atoms with Crippen molar-refractivity contribution in [2.24, 2.45) is 11.8 Å². The molecule has 1 aliphatic carbocycles. The molecule has 0 saturated heterocycles. The Kier molecular flexibility index (Phi) is 5.36. The van der Waals surface area contributed by atoms with Gasteiger partial charge in [-0.15, -0.1) is 0 Å². The Morgan fingerprint density at radius 2 is 1.74 bits per heavy atom. The molecule has 1 saturated carbocycles. The molecule has 1 fully saturated rings. The van der Waals surface area contributed by atoms with E-state index in [2.05, 4.69) is 16.0 Å². The second-order valence-electron chi connectivity index (χ2n) is 6.02. The summed E-state index contributed by atoms with van der Waals surface area (Å²) in [7, 11) is 0. The van der Waals surface area contributed by atoms with Crippen LogP contribution in [0.2, 0.25) is 0 Å². The lowest BCUT2D eigenvalue weighted by molar-refractivity contribution is -0.125. The Labute approximate surface area is 136 Å². The Bertz CT molecular complexity index is 615. The third-order valence-corrected chi connectivity index (χ3v) is 3.92. The first-order valence-corrected chi connectivity index (χ1v) is 7.89. The molecule has 0 radical (unpaired) electrons. The van der Waals surface area contributed by atoms with Crippen molar-refractivity contribution in [1.29, 1.82) is 0 Å². The average Bonchev–Trinajstić information content (AvgIpc) is 3.27. The van der Waals surface area contributed by atoms with E-state index in [1.165, 1.54) is 6.92 Å². The molecule has 6 heteroatoms. The molecule has 1 aromatic carbocycles. The topological polar surface area (TPSA) is 87.3 Å². The number of amides is 3. The van der Waals surface area contributed by atoms with Gasteiger partial charge in [0.25, 0.3) is 0 Å². The van der Waals surface area contributed by atoms with Gasteiger partial charge in [0, 0.05) is 24.3 Å². The van der Waals surface area contributed by atoms with Crippen LogP contribution in [0.1, 0.15) is 33.6 Å². The maximum Gasteiger partial charge on any atom is 0.228 e. The highest BCUT2D eigenvalue weighted by Crippen LogP contribution is 2.39. The third-order valence-electron chi connectivity index (χ3n) is 3.92. The summed E-state index contributed by atoms with van der Waals surface area (Å²) in [5, 5.41) is 8.37. The molecule has 23 heavy (non-hydrogen) atoms. The number of carbonyl (C=O) groups excluding carboxylic acids is 3. The second kappa shape index (κ2) is 7.26.